The van der Waals surface area contributed by atoms with Gasteiger partial charge in [-0.05, 0) is 44.1 Å². The van der Waals surface area contributed by atoms with Crippen LogP contribution < -0.4 is 5.32 Å². The lowest BCUT2D eigenvalue weighted by Gasteiger charge is -2.16. The van der Waals surface area contributed by atoms with Gasteiger partial charge < -0.3 is 15.3 Å². The first-order valence-corrected chi connectivity index (χ1v) is 6.95. The summed E-state index contributed by atoms with van der Waals surface area (Å²) in [5, 5.41) is 12.3. The fraction of sp³-hybridized carbons (Fsp3) is 0.462. The minimum absolute atomic E-state index is 0.311. The molecule has 98 valence electrons. The van der Waals surface area contributed by atoms with Gasteiger partial charge in [-0.25, -0.2) is 4.79 Å². The number of nitrogens with one attached hydrogen (secondary N) is 1. The molecule has 0 bridgehead atoms. The Morgan fingerprint density at radius 3 is 2.78 bits per heavy atom. The first-order chi connectivity index (χ1) is 8.66. The van der Waals surface area contributed by atoms with Gasteiger partial charge in [0.05, 0.1) is 5.56 Å². The Hall–Kier alpha value is -1.07. The molecule has 2 N–H and O–H groups in total. The standard InChI is InChI=1S/C13H17BrN2O2/c14-10-3-4-12(11(9-10)13(17)18)15-5-8-16-6-1-2-7-16/h3-4,9,15H,1-2,5-8H2,(H,17,18). The van der Waals surface area contributed by atoms with Gasteiger partial charge in [-0.2, -0.15) is 0 Å². The highest BCUT2D eigenvalue weighted by molar-refractivity contribution is 9.10. The maximum absolute atomic E-state index is 11.1. The largest absolute Gasteiger partial charge is 0.478 e. The lowest BCUT2D eigenvalue weighted by molar-refractivity contribution is 0.0698. The minimum Gasteiger partial charge on any atom is -0.478 e. The highest BCUT2D eigenvalue weighted by Crippen LogP contribution is 2.21. The molecule has 0 amide bonds. The van der Waals surface area contributed by atoms with Gasteiger partial charge in [-0.3, -0.25) is 0 Å². The number of nitrogens with zero attached hydrogens (tertiary/aromatic N) is 1. The molecule has 1 aliphatic rings. The minimum atomic E-state index is -0.903. The molecule has 5 heteroatoms. The van der Waals surface area contributed by atoms with Crippen molar-refractivity contribution in [3.05, 3.63) is 28.2 Å². The summed E-state index contributed by atoms with van der Waals surface area (Å²) >= 11 is 3.29. The average molecular weight is 313 g/mol. The van der Waals surface area contributed by atoms with Crippen molar-refractivity contribution < 1.29 is 9.90 Å². The van der Waals surface area contributed by atoms with Gasteiger partial charge in [-0.1, -0.05) is 15.9 Å². The monoisotopic (exact) mass is 312 g/mol. The molecule has 4 nitrogen and oxygen atoms in total. The van der Waals surface area contributed by atoms with Crippen LogP contribution in [0.15, 0.2) is 22.7 Å². The van der Waals surface area contributed by atoms with Crippen molar-refractivity contribution in [2.24, 2.45) is 0 Å². The average Bonchev–Trinajstić information content (AvgIpc) is 2.84. The van der Waals surface area contributed by atoms with E-state index in [1.807, 2.05) is 6.07 Å². The molecule has 1 saturated heterocycles. The zero-order chi connectivity index (χ0) is 13.0. The maximum atomic E-state index is 11.1. The van der Waals surface area contributed by atoms with E-state index in [1.165, 1.54) is 12.8 Å². The third-order valence-electron chi connectivity index (χ3n) is 3.15. The Morgan fingerprint density at radius 1 is 1.39 bits per heavy atom. The van der Waals surface area contributed by atoms with Crippen LogP contribution in [0.3, 0.4) is 0 Å². The van der Waals surface area contributed by atoms with Crippen LogP contribution in [0.25, 0.3) is 0 Å². The van der Waals surface area contributed by atoms with E-state index in [-0.39, 0.29) is 0 Å². The van der Waals surface area contributed by atoms with Crippen molar-refractivity contribution in [2.75, 3.05) is 31.5 Å². The van der Waals surface area contributed by atoms with Crippen molar-refractivity contribution in [1.82, 2.24) is 4.90 Å². The van der Waals surface area contributed by atoms with E-state index < -0.39 is 5.97 Å². The molecule has 0 aliphatic carbocycles. The van der Waals surface area contributed by atoms with Crippen LogP contribution >= 0.6 is 15.9 Å². The highest BCUT2D eigenvalue weighted by atomic mass is 79.9. The molecule has 1 heterocycles. The summed E-state index contributed by atoms with van der Waals surface area (Å²) < 4.78 is 0.782. The van der Waals surface area contributed by atoms with Crippen LogP contribution in [-0.4, -0.2) is 42.2 Å². The second-order valence-electron chi connectivity index (χ2n) is 4.47. The van der Waals surface area contributed by atoms with Gasteiger partial charge >= 0.3 is 5.97 Å². The SMILES string of the molecule is O=C(O)c1cc(Br)ccc1NCCN1CCCC1. The zero-order valence-corrected chi connectivity index (χ0v) is 11.7. The molecule has 0 atom stereocenters. The zero-order valence-electron chi connectivity index (χ0n) is 10.2. The van der Waals surface area contributed by atoms with Crippen LogP contribution in [0.4, 0.5) is 5.69 Å². The summed E-state index contributed by atoms with van der Waals surface area (Å²) in [5.74, 6) is -0.903. The van der Waals surface area contributed by atoms with Gasteiger partial charge in [0.1, 0.15) is 0 Å². The number of carbonyl (C=O) groups is 1. The van der Waals surface area contributed by atoms with Crippen molar-refractivity contribution >= 4 is 27.6 Å². The number of carboxylic acids is 1. The van der Waals surface area contributed by atoms with E-state index in [2.05, 4.69) is 26.1 Å². The number of aromatic carboxylic acids is 1. The lowest BCUT2D eigenvalue weighted by atomic mass is 10.2. The Kier molecular flexibility index (Phi) is 4.60. The number of carboxylic acid groups (broad SMARTS) is 1. The van der Waals surface area contributed by atoms with Crippen molar-refractivity contribution in [3.63, 3.8) is 0 Å². The summed E-state index contributed by atoms with van der Waals surface area (Å²) in [6, 6.07) is 5.28. The van der Waals surface area contributed by atoms with Gasteiger partial charge in [0.25, 0.3) is 0 Å². The first kappa shape index (κ1) is 13.4. The summed E-state index contributed by atoms with van der Waals surface area (Å²) in [6.07, 6.45) is 2.55. The van der Waals surface area contributed by atoms with Crippen LogP contribution in [0.5, 0.6) is 0 Å². The van der Waals surface area contributed by atoms with Crippen molar-refractivity contribution in [3.8, 4) is 0 Å². The summed E-state index contributed by atoms with van der Waals surface area (Å²) in [6.45, 7) is 4.07. The molecule has 1 fully saturated rings. The fourth-order valence-electron chi connectivity index (χ4n) is 2.20. The third kappa shape index (κ3) is 3.46. The van der Waals surface area contributed by atoms with Crippen molar-refractivity contribution in [2.45, 2.75) is 12.8 Å². The normalized spacial score (nSPS) is 15.8. The molecule has 0 unspecified atom stereocenters. The Bertz CT molecular complexity index is 431. The van der Waals surface area contributed by atoms with Crippen LogP contribution in [0.2, 0.25) is 0 Å². The molecule has 1 aromatic rings. The Balaban J connectivity index is 1.93. The van der Waals surface area contributed by atoms with Gasteiger partial charge in [0.15, 0.2) is 0 Å². The number of benzene rings is 1. The van der Waals surface area contributed by atoms with Crippen molar-refractivity contribution in [1.29, 1.82) is 0 Å². The fourth-order valence-corrected chi connectivity index (χ4v) is 2.56. The molecule has 0 radical (unpaired) electrons. The van der Waals surface area contributed by atoms with Crippen LogP contribution in [0, 0.1) is 0 Å². The maximum Gasteiger partial charge on any atom is 0.337 e. The van der Waals surface area contributed by atoms with Crippen LogP contribution in [0.1, 0.15) is 23.2 Å². The Labute approximate surface area is 115 Å². The summed E-state index contributed by atoms with van der Waals surface area (Å²) in [4.78, 5) is 13.5. The molecular weight excluding hydrogens is 296 g/mol. The predicted octanol–water partition coefficient (Wildman–Crippen LogP) is 2.66. The third-order valence-corrected chi connectivity index (χ3v) is 3.65. The number of halogens is 1. The number of rotatable bonds is 5. The second-order valence-corrected chi connectivity index (χ2v) is 5.39. The first-order valence-electron chi connectivity index (χ1n) is 6.16. The van der Waals surface area contributed by atoms with E-state index in [9.17, 15) is 4.79 Å². The van der Waals surface area contributed by atoms with E-state index in [0.29, 0.717) is 11.3 Å². The van der Waals surface area contributed by atoms with E-state index in [0.717, 1.165) is 30.7 Å². The van der Waals surface area contributed by atoms with E-state index in [1.54, 1.807) is 12.1 Å². The van der Waals surface area contributed by atoms with E-state index in [4.69, 9.17) is 5.11 Å². The highest BCUT2D eigenvalue weighted by Gasteiger charge is 2.12. The van der Waals surface area contributed by atoms with Gasteiger partial charge in [-0.15, -0.1) is 0 Å². The molecule has 0 spiro atoms. The predicted molar refractivity (Wildman–Crippen MR) is 75.3 cm³/mol. The van der Waals surface area contributed by atoms with E-state index >= 15 is 0 Å². The summed E-state index contributed by atoms with van der Waals surface area (Å²) in [5.41, 5.74) is 0.996. The quantitative estimate of drug-likeness (QED) is 0.877. The lowest BCUT2D eigenvalue weighted by Crippen LogP contribution is -2.26. The van der Waals surface area contributed by atoms with Crippen LogP contribution in [-0.2, 0) is 0 Å². The van der Waals surface area contributed by atoms with Gasteiger partial charge in [0, 0.05) is 23.2 Å². The molecular formula is C13H17BrN2O2. The Morgan fingerprint density at radius 2 is 2.11 bits per heavy atom. The second kappa shape index (κ2) is 6.20. The number of likely N-dealkylation sites (tertiary alicyclic amines) is 1. The van der Waals surface area contributed by atoms with Gasteiger partial charge in [0.2, 0.25) is 0 Å². The molecule has 0 aromatic heterocycles. The molecule has 1 aromatic carbocycles. The number of anilines is 1. The number of hydrogen-bond donors (Lipinski definition) is 2. The summed E-state index contributed by atoms with van der Waals surface area (Å²) in [7, 11) is 0. The molecule has 1 aliphatic heterocycles. The smallest absolute Gasteiger partial charge is 0.337 e. The number of hydrogen-bond acceptors (Lipinski definition) is 3. The molecule has 18 heavy (non-hydrogen) atoms. The molecule has 0 saturated carbocycles. The topological polar surface area (TPSA) is 52.6 Å². The molecule has 2 rings (SSSR count).